The molecule has 2 fully saturated rings. The summed E-state index contributed by atoms with van der Waals surface area (Å²) in [7, 11) is 0. The van der Waals surface area contributed by atoms with Gasteiger partial charge < -0.3 is 50.0 Å². The average Bonchev–Trinajstić information content (AvgIpc) is 2.46. The van der Waals surface area contributed by atoms with Crippen LogP contribution in [0, 0.1) is 0 Å². The number of hydrogen-bond acceptors (Lipinski definition) is 10. The lowest BCUT2D eigenvalue weighted by molar-refractivity contribution is -0.312. The second-order valence-electron chi connectivity index (χ2n) is 5.12. The fourth-order valence-electron chi connectivity index (χ4n) is 2.18. The highest BCUT2D eigenvalue weighted by Crippen LogP contribution is 2.22. The van der Waals surface area contributed by atoms with E-state index in [4.69, 9.17) is 14.2 Å². The van der Waals surface area contributed by atoms with Crippen molar-refractivity contribution < 1.29 is 50.0 Å². The fraction of sp³-hybridized carbons (Fsp3) is 1.00. The van der Waals surface area contributed by atoms with Gasteiger partial charge in [-0.25, -0.2) is 0 Å². The highest BCUT2D eigenvalue weighted by molar-refractivity contribution is 4.89. The predicted molar refractivity (Wildman–Crippen MR) is 62.6 cm³/mol. The highest BCUT2D eigenvalue weighted by atomic mass is 16.7. The third kappa shape index (κ3) is 3.51. The van der Waals surface area contributed by atoms with Gasteiger partial charge >= 0.3 is 0 Å². The first-order chi connectivity index (χ1) is 9.82. The van der Waals surface area contributed by atoms with Crippen LogP contribution in [0.2, 0.25) is 0 Å². The zero-order valence-electron chi connectivity index (χ0n) is 11.0. The minimum Gasteiger partial charge on any atom is -0.388 e. The number of ether oxygens (including phenoxy) is 3. The summed E-state index contributed by atoms with van der Waals surface area (Å²) in [6.45, 7) is -0.631. The van der Waals surface area contributed by atoms with E-state index in [1.54, 1.807) is 0 Å². The molecule has 0 aliphatic carbocycles. The van der Waals surface area contributed by atoms with E-state index in [1.807, 2.05) is 0 Å². The summed E-state index contributed by atoms with van der Waals surface area (Å²) >= 11 is 0. The summed E-state index contributed by atoms with van der Waals surface area (Å²) in [4.78, 5) is 0. The molecule has 7 N–H and O–H groups in total. The molecule has 0 bridgehead atoms. The first-order valence-electron chi connectivity index (χ1n) is 6.48. The van der Waals surface area contributed by atoms with Gasteiger partial charge in [0, 0.05) is 0 Å². The van der Waals surface area contributed by atoms with E-state index in [-0.39, 0.29) is 13.2 Å². The van der Waals surface area contributed by atoms with Crippen LogP contribution < -0.4 is 0 Å². The Morgan fingerprint density at radius 3 is 2.14 bits per heavy atom. The van der Waals surface area contributed by atoms with Crippen LogP contribution in [-0.2, 0) is 14.2 Å². The molecule has 0 aromatic heterocycles. The SMILES string of the molecule is OC1O[C@H](COC2OC[C@@H](O)[C@H](O)[C@H]2O)[C@@H](O)[C@H](O)[C@H]1O. The highest BCUT2D eigenvalue weighted by Gasteiger charge is 2.44. The van der Waals surface area contributed by atoms with Crippen LogP contribution in [0.4, 0.5) is 0 Å². The number of hydrogen-bond donors (Lipinski definition) is 7. The van der Waals surface area contributed by atoms with Crippen molar-refractivity contribution in [3.63, 3.8) is 0 Å². The van der Waals surface area contributed by atoms with Crippen molar-refractivity contribution in [3.05, 3.63) is 0 Å². The molecule has 0 aromatic carbocycles. The predicted octanol–water partition coefficient (Wildman–Crippen LogP) is -4.76. The Hall–Kier alpha value is -0.400. The Morgan fingerprint density at radius 2 is 1.48 bits per heavy atom. The largest absolute Gasteiger partial charge is 0.388 e. The van der Waals surface area contributed by atoms with Gasteiger partial charge in [0.1, 0.15) is 42.7 Å². The molecule has 0 amide bonds. The molecule has 10 heteroatoms. The number of aliphatic hydroxyl groups is 7. The number of aliphatic hydroxyl groups excluding tert-OH is 7. The molecule has 21 heavy (non-hydrogen) atoms. The first-order valence-corrected chi connectivity index (χ1v) is 6.48. The Kier molecular flexibility index (Phi) is 5.48. The monoisotopic (exact) mass is 312 g/mol. The van der Waals surface area contributed by atoms with E-state index in [9.17, 15) is 35.7 Å². The van der Waals surface area contributed by atoms with Crippen molar-refractivity contribution in [1.29, 1.82) is 0 Å². The molecule has 0 radical (unpaired) electrons. The Labute approximate surface area is 119 Å². The fourth-order valence-corrected chi connectivity index (χ4v) is 2.18. The van der Waals surface area contributed by atoms with Gasteiger partial charge in [-0.1, -0.05) is 0 Å². The van der Waals surface area contributed by atoms with Crippen molar-refractivity contribution in [1.82, 2.24) is 0 Å². The van der Waals surface area contributed by atoms with Gasteiger partial charge in [0.2, 0.25) is 0 Å². The standard InChI is InChI=1S/C11H20O10/c12-3-1-19-11(9(17)5(3)13)20-2-4-6(14)7(15)8(16)10(18)21-4/h3-18H,1-2H2/t3-,4-,5+,6-,7+,8-,9-,10?,11?/m1/s1. The maximum Gasteiger partial charge on any atom is 0.186 e. The van der Waals surface area contributed by atoms with Gasteiger partial charge in [-0.3, -0.25) is 0 Å². The summed E-state index contributed by atoms with van der Waals surface area (Å²) in [5, 5.41) is 66.2. The summed E-state index contributed by atoms with van der Waals surface area (Å²) in [6, 6.07) is 0. The minimum absolute atomic E-state index is 0.249. The Bertz CT molecular complexity index is 341. The molecule has 10 nitrogen and oxygen atoms in total. The maximum atomic E-state index is 9.70. The van der Waals surface area contributed by atoms with Crippen LogP contribution in [0.15, 0.2) is 0 Å². The zero-order chi connectivity index (χ0) is 15.7. The first kappa shape index (κ1) is 17.0. The summed E-state index contributed by atoms with van der Waals surface area (Å²) in [5.74, 6) is 0. The Morgan fingerprint density at radius 1 is 0.810 bits per heavy atom. The topological polar surface area (TPSA) is 169 Å². The number of rotatable bonds is 3. The molecule has 0 aromatic rings. The van der Waals surface area contributed by atoms with E-state index in [0.29, 0.717) is 0 Å². The molecule has 2 rings (SSSR count). The van der Waals surface area contributed by atoms with Crippen LogP contribution in [0.25, 0.3) is 0 Å². The average molecular weight is 312 g/mol. The molecule has 124 valence electrons. The van der Waals surface area contributed by atoms with Crippen molar-refractivity contribution in [2.75, 3.05) is 13.2 Å². The van der Waals surface area contributed by atoms with Crippen LogP contribution >= 0.6 is 0 Å². The molecule has 2 aliphatic heterocycles. The quantitative estimate of drug-likeness (QED) is 0.268. The second-order valence-corrected chi connectivity index (χ2v) is 5.12. The van der Waals surface area contributed by atoms with Crippen molar-refractivity contribution >= 4 is 0 Å². The van der Waals surface area contributed by atoms with Gasteiger partial charge in [0.05, 0.1) is 13.2 Å². The van der Waals surface area contributed by atoms with Crippen LogP contribution in [-0.4, -0.2) is 104 Å². The van der Waals surface area contributed by atoms with Crippen molar-refractivity contribution in [2.45, 2.75) is 55.3 Å². The lowest BCUT2D eigenvalue weighted by atomic mass is 9.99. The molecular formula is C11H20O10. The second kappa shape index (κ2) is 6.79. The van der Waals surface area contributed by atoms with E-state index in [1.165, 1.54) is 0 Å². The van der Waals surface area contributed by atoms with E-state index in [2.05, 4.69) is 0 Å². The van der Waals surface area contributed by atoms with E-state index < -0.39 is 55.3 Å². The Balaban J connectivity index is 1.88. The van der Waals surface area contributed by atoms with Crippen molar-refractivity contribution in [2.24, 2.45) is 0 Å². The molecule has 0 saturated carbocycles. The maximum absolute atomic E-state index is 9.70. The molecule has 2 saturated heterocycles. The summed E-state index contributed by atoms with van der Waals surface area (Å²) in [5.41, 5.74) is 0. The van der Waals surface area contributed by atoms with Gasteiger partial charge in [0.15, 0.2) is 12.6 Å². The lowest BCUT2D eigenvalue weighted by Gasteiger charge is -2.40. The molecule has 2 unspecified atom stereocenters. The van der Waals surface area contributed by atoms with Crippen LogP contribution in [0.3, 0.4) is 0 Å². The summed E-state index contributed by atoms with van der Waals surface area (Å²) in [6.07, 6.45) is -13.1. The van der Waals surface area contributed by atoms with Gasteiger partial charge in [-0.2, -0.15) is 0 Å². The smallest absolute Gasteiger partial charge is 0.186 e. The van der Waals surface area contributed by atoms with E-state index in [0.717, 1.165) is 0 Å². The molecule has 2 aliphatic rings. The molecular weight excluding hydrogens is 292 g/mol. The third-order valence-electron chi connectivity index (χ3n) is 3.57. The van der Waals surface area contributed by atoms with Gasteiger partial charge in [0.25, 0.3) is 0 Å². The lowest BCUT2D eigenvalue weighted by Crippen LogP contribution is -2.59. The van der Waals surface area contributed by atoms with E-state index >= 15 is 0 Å². The molecule has 2 heterocycles. The van der Waals surface area contributed by atoms with Crippen molar-refractivity contribution in [3.8, 4) is 0 Å². The summed E-state index contributed by atoms with van der Waals surface area (Å²) < 4.78 is 15.0. The van der Waals surface area contributed by atoms with Crippen LogP contribution in [0.5, 0.6) is 0 Å². The third-order valence-corrected chi connectivity index (χ3v) is 3.57. The van der Waals surface area contributed by atoms with Gasteiger partial charge in [-0.15, -0.1) is 0 Å². The molecule has 0 spiro atoms. The van der Waals surface area contributed by atoms with Crippen LogP contribution in [0.1, 0.15) is 0 Å². The van der Waals surface area contributed by atoms with Gasteiger partial charge in [-0.05, 0) is 0 Å². The normalized spacial score (nSPS) is 51.9. The zero-order valence-corrected chi connectivity index (χ0v) is 11.0. The minimum atomic E-state index is -1.69. The molecule has 9 atom stereocenters.